The lowest BCUT2D eigenvalue weighted by Crippen LogP contribution is -2.35. The van der Waals surface area contributed by atoms with Crippen LogP contribution >= 0.6 is 0 Å². The average molecular weight is 246 g/mol. The van der Waals surface area contributed by atoms with Gasteiger partial charge in [-0.1, -0.05) is 20.3 Å². The Morgan fingerprint density at radius 1 is 1.12 bits per heavy atom. The number of carbonyl (C=O) groups is 2. The fraction of sp³-hybridized carbons (Fsp3) is 0.833. The molecule has 17 heavy (non-hydrogen) atoms. The van der Waals surface area contributed by atoms with Crippen LogP contribution in [0, 0.1) is 0 Å². The molecule has 2 N–H and O–H groups in total. The fourth-order valence-corrected chi connectivity index (χ4v) is 1.54. The van der Waals surface area contributed by atoms with Gasteiger partial charge in [0.2, 0.25) is 5.79 Å². The number of aliphatic carboxylic acids is 1. The normalized spacial score (nSPS) is 14.1. The molecule has 1 unspecified atom stereocenters. The fourth-order valence-electron chi connectivity index (χ4n) is 1.54. The predicted octanol–water partition coefficient (Wildman–Crippen LogP) is 2.07. The van der Waals surface area contributed by atoms with E-state index in [9.17, 15) is 14.7 Å². The summed E-state index contributed by atoms with van der Waals surface area (Å²) in [5, 5.41) is 18.5. The van der Waals surface area contributed by atoms with Gasteiger partial charge in [0.25, 0.3) is 0 Å². The molecule has 0 saturated heterocycles. The van der Waals surface area contributed by atoms with E-state index in [0.29, 0.717) is 19.3 Å². The third-order valence-corrected chi connectivity index (χ3v) is 2.41. The van der Waals surface area contributed by atoms with E-state index in [2.05, 4.69) is 0 Å². The number of carbonyl (C=O) groups excluding carboxylic acids is 1. The molecular formula is C12H22O5. The molecule has 0 aromatic carbocycles. The summed E-state index contributed by atoms with van der Waals surface area (Å²) in [5.41, 5.74) is 0. The Bertz CT molecular complexity index is 251. The summed E-state index contributed by atoms with van der Waals surface area (Å²) in [6.07, 6.45) is 2.68. The Hall–Kier alpha value is -1.10. The highest BCUT2D eigenvalue weighted by Crippen LogP contribution is 2.22. The molecule has 0 radical (unpaired) electrons. The van der Waals surface area contributed by atoms with E-state index in [4.69, 9.17) is 9.84 Å². The highest BCUT2D eigenvalue weighted by molar-refractivity contribution is 5.76. The molecule has 0 aliphatic carbocycles. The summed E-state index contributed by atoms with van der Waals surface area (Å²) in [7, 11) is 0. The molecule has 5 heteroatoms. The first-order valence-corrected chi connectivity index (χ1v) is 6.09. The van der Waals surface area contributed by atoms with Gasteiger partial charge in [0.1, 0.15) is 0 Å². The van der Waals surface area contributed by atoms with Gasteiger partial charge in [-0.05, 0) is 12.8 Å². The Labute approximate surface area is 102 Å². The number of esters is 1. The zero-order valence-electron chi connectivity index (χ0n) is 10.6. The van der Waals surface area contributed by atoms with E-state index in [1.807, 2.05) is 13.8 Å². The Morgan fingerprint density at radius 3 is 2.24 bits per heavy atom. The second-order valence-electron chi connectivity index (χ2n) is 4.17. The SMILES string of the molecule is CCCCC(O)(CCC)OC(=O)CCC(=O)O. The lowest BCUT2D eigenvalue weighted by Gasteiger charge is -2.27. The summed E-state index contributed by atoms with van der Waals surface area (Å²) >= 11 is 0. The van der Waals surface area contributed by atoms with Crippen LogP contribution in [0.25, 0.3) is 0 Å². The minimum Gasteiger partial charge on any atom is -0.481 e. The van der Waals surface area contributed by atoms with Gasteiger partial charge in [-0.25, -0.2) is 0 Å². The zero-order chi connectivity index (χ0) is 13.3. The molecule has 0 bridgehead atoms. The van der Waals surface area contributed by atoms with Crippen molar-refractivity contribution in [3.8, 4) is 0 Å². The lowest BCUT2D eigenvalue weighted by atomic mass is 10.0. The van der Waals surface area contributed by atoms with Crippen LogP contribution in [-0.2, 0) is 14.3 Å². The first-order chi connectivity index (χ1) is 7.93. The molecule has 0 rings (SSSR count). The van der Waals surface area contributed by atoms with E-state index >= 15 is 0 Å². The number of ether oxygens (including phenoxy) is 1. The zero-order valence-corrected chi connectivity index (χ0v) is 10.6. The van der Waals surface area contributed by atoms with Crippen LogP contribution in [0.1, 0.15) is 58.8 Å². The van der Waals surface area contributed by atoms with Crippen LogP contribution in [0.5, 0.6) is 0 Å². The van der Waals surface area contributed by atoms with E-state index in [1.54, 1.807) is 0 Å². The Balaban J connectivity index is 4.21. The summed E-state index contributed by atoms with van der Waals surface area (Å²) in [6, 6.07) is 0. The monoisotopic (exact) mass is 246 g/mol. The van der Waals surface area contributed by atoms with E-state index in [-0.39, 0.29) is 12.8 Å². The molecule has 0 aliphatic rings. The summed E-state index contributed by atoms with van der Waals surface area (Å²) < 4.78 is 4.98. The van der Waals surface area contributed by atoms with Crippen LogP contribution in [0.15, 0.2) is 0 Å². The van der Waals surface area contributed by atoms with Gasteiger partial charge in [0.05, 0.1) is 12.8 Å². The van der Waals surface area contributed by atoms with Crippen LogP contribution in [0.4, 0.5) is 0 Å². The van der Waals surface area contributed by atoms with Crippen LogP contribution in [-0.4, -0.2) is 27.9 Å². The van der Waals surface area contributed by atoms with E-state index in [0.717, 1.165) is 12.8 Å². The van der Waals surface area contributed by atoms with Crippen molar-refractivity contribution in [1.29, 1.82) is 0 Å². The molecule has 5 nitrogen and oxygen atoms in total. The summed E-state index contributed by atoms with van der Waals surface area (Å²) in [5.74, 6) is -3.13. The number of hydrogen-bond donors (Lipinski definition) is 2. The van der Waals surface area contributed by atoms with Crippen molar-refractivity contribution in [2.24, 2.45) is 0 Å². The second-order valence-corrected chi connectivity index (χ2v) is 4.17. The van der Waals surface area contributed by atoms with Gasteiger partial charge in [0.15, 0.2) is 0 Å². The molecule has 0 aliphatic heterocycles. The first kappa shape index (κ1) is 15.9. The standard InChI is InChI=1S/C12H22O5/c1-3-5-9-12(16,8-4-2)17-11(15)7-6-10(13)14/h16H,3-9H2,1-2H3,(H,13,14). The smallest absolute Gasteiger partial charge is 0.308 e. The summed E-state index contributed by atoms with van der Waals surface area (Å²) in [4.78, 5) is 21.7. The van der Waals surface area contributed by atoms with Gasteiger partial charge in [-0.15, -0.1) is 0 Å². The predicted molar refractivity (Wildman–Crippen MR) is 62.3 cm³/mol. The maximum absolute atomic E-state index is 11.4. The Morgan fingerprint density at radius 2 is 1.76 bits per heavy atom. The van der Waals surface area contributed by atoms with Crippen LogP contribution < -0.4 is 0 Å². The van der Waals surface area contributed by atoms with Gasteiger partial charge < -0.3 is 14.9 Å². The minimum atomic E-state index is -1.43. The molecule has 1 atom stereocenters. The highest BCUT2D eigenvalue weighted by Gasteiger charge is 2.29. The van der Waals surface area contributed by atoms with Crippen molar-refractivity contribution in [3.63, 3.8) is 0 Å². The van der Waals surface area contributed by atoms with Crippen molar-refractivity contribution >= 4 is 11.9 Å². The molecule has 100 valence electrons. The van der Waals surface area contributed by atoms with Gasteiger partial charge in [-0.2, -0.15) is 0 Å². The lowest BCUT2D eigenvalue weighted by molar-refractivity contribution is -0.215. The molecule has 0 saturated carbocycles. The van der Waals surface area contributed by atoms with Crippen molar-refractivity contribution in [2.75, 3.05) is 0 Å². The van der Waals surface area contributed by atoms with E-state index in [1.165, 1.54) is 0 Å². The molecule has 0 heterocycles. The van der Waals surface area contributed by atoms with Crippen molar-refractivity contribution in [1.82, 2.24) is 0 Å². The molecule has 0 aromatic heterocycles. The number of carboxylic acids is 1. The number of carboxylic acid groups (broad SMARTS) is 1. The largest absolute Gasteiger partial charge is 0.481 e. The average Bonchev–Trinajstić information content (AvgIpc) is 2.24. The van der Waals surface area contributed by atoms with Crippen molar-refractivity contribution < 1.29 is 24.5 Å². The first-order valence-electron chi connectivity index (χ1n) is 6.09. The molecule has 0 aromatic rings. The third kappa shape index (κ3) is 7.74. The van der Waals surface area contributed by atoms with Crippen molar-refractivity contribution in [3.05, 3.63) is 0 Å². The maximum Gasteiger partial charge on any atom is 0.308 e. The van der Waals surface area contributed by atoms with Gasteiger partial charge in [-0.3, -0.25) is 9.59 Å². The number of aliphatic hydroxyl groups is 1. The number of unbranched alkanes of at least 4 members (excludes halogenated alkanes) is 1. The van der Waals surface area contributed by atoms with Gasteiger partial charge in [0, 0.05) is 12.8 Å². The number of rotatable bonds is 9. The quantitative estimate of drug-likeness (QED) is 0.480. The second kappa shape index (κ2) is 8.06. The van der Waals surface area contributed by atoms with E-state index < -0.39 is 17.7 Å². The minimum absolute atomic E-state index is 0.201. The number of hydrogen-bond acceptors (Lipinski definition) is 4. The summed E-state index contributed by atoms with van der Waals surface area (Å²) in [6.45, 7) is 3.88. The molecular weight excluding hydrogens is 224 g/mol. The van der Waals surface area contributed by atoms with Gasteiger partial charge >= 0.3 is 11.9 Å². The maximum atomic E-state index is 11.4. The molecule has 0 fully saturated rings. The topological polar surface area (TPSA) is 83.8 Å². The van der Waals surface area contributed by atoms with Crippen LogP contribution in [0.3, 0.4) is 0 Å². The third-order valence-electron chi connectivity index (χ3n) is 2.41. The molecule has 0 amide bonds. The molecule has 0 spiro atoms. The highest BCUT2D eigenvalue weighted by atomic mass is 16.7. The van der Waals surface area contributed by atoms with Crippen LogP contribution in [0.2, 0.25) is 0 Å². The Kier molecular flexibility index (Phi) is 7.54. The van der Waals surface area contributed by atoms with Crippen molar-refractivity contribution in [2.45, 2.75) is 64.6 Å².